The Kier molecular flexibility index (Phi) is 5.72. The molecule has 1 amide bonds. The predicted molar refractivity (Wildman–Crippen MR) is 109 cm³/mol. The fourth-order valence-electron chi connectivity index (χ4n) is 3.14. The molecule has 1 aromatic heterocycles. The quantitative estimate of drug-likeness (QED) is 0.848. The van der Waals surface area contributed by atoms with Crippen LogP contribution >= 0.6 is 0 Å². The molecular formula is C21H26N4O4. The Labute approximate surface area is 170 Å². The molecule has 1 aliphatic heterocycles. The summed E-state index contributed by atoms with van der Waals surface area (Å²) in [5.41, 5.74) is 2.08. The maximum Gasteiger partial charge on any atom is 0.410 e. The predicted octanol–water partition coefficient (Wildman–Crippen LogP) is 3.21. The second-order valence-electron chi connectivity index (χ2n) is 8.11. The third-order valence-electron chi connectivity index (χ3n) is 4.52. The van der Waals surface area contributed by atoms with Crippen LogP contribution in [-0.4, -0.2) is 63.8 Å². The highest BCUT2D eigenvalue weighted by Crippen LogP contribution is 2.22. The maximum atomic E-state index is 12.2. The molecular weight excluding hydrogens is 372 g/mol. The number of rotatable bonds is 3. The van der Waals surface area contributed by atoms with Crippen molar-refractivity contribution in [3.8, 4) is 11.4 Å². The standard InChI is InChI=1S/C21H26N4O4/c1-14-9-15(11-16(10-14)19(26)27)18-22-12-17(13-23-18)24-5-7-25(8-6-24)20(28)29-21(2,3)4/h9-13H,5-8H2,1-4H3,(H,26,27). The molecule has 3 rings (SSSR count). The molecule has 2 aromatic rings. The number of aryl methyl sites for hydroxylation is 1. The number of carbonyl (C=O) groups excluding carboxylic acids is 1. The van der Waals surface area contributed by atoms with Gasteiger partial charge in [-0.2, -0.15) is 0 Å². The minimum absolute atomic E-state index is 0.214. The van der Waals surface area contributed by atoms with Gasteiger partial charge in [0, 0.05) is 31.7 Å². The van der Waals surface area contributed by atoms with Crippen molar-refractivity contribution in [2.75, 3.05) is 31.1 Å². The number of aromatic carboxylic acids is 1. The van der Waals surface area contributed by atoms with Crippen LogP contribution in [0.4, 0.5) is 10.5 Å². The van der Waals surface area contributed by atoms with Crippen molar-refractivity contribution in [3.05, 3.63) is 41.7 Å². The highest BCUT2D eigenvalue weighted by atomic mass is 16.6. The van der Waals surface area contributed by atoms with Crippen molar-refractivity contribution >= 4 is 17.7 Å². The number of carboxylic acid groups (broad SMARTS) is 1. The summed E-state index contributed by atoms with van der Waals surface area (Å²) in [5.74, 6) is -0.498. The number of aromatic nitrogens is 2. The Bertz CT molecular complexity index is 898. The van der Waals surface area contributed by atoms with Crippen LogP contribution in [0.1, 0.15) is 36.7 Å². The van der Waals surface area contributed by atoms with Crippen molar-refractivity contribution in [2.45, 2.75) is 33.3 Å². The number of piperazine rings is 1. The van der Waals surface area contributed by atoms with Gasteiger partial charge >= 0.3 is 12.1 Å². The van der Waals surface area contributed by atoms with Gasteiger partial charge in [0.1, 0.15) is 5.60 Å². The molecule has 1 N–H and O–H groups in total. The Morgan fingerprint density at radius 1 is 1.03 bits per heavy atom. The van der Waals surface area contributed by atoms with Crippen molar-refractivity contribution in [2.24, 2.45) is 0 Å². The molecule has 0 atom stereocenters. The lowest BCUT2D eigenvalue weighted by atomic mass is 10.1. The summed E-state index contributed by atoms with van der Waals surface area (Å²) in [6, 6.07) is 5.05. The van der Waals surface area contributed by atoms with Crippen LogP contribution < -0.4 is 4.90 Å². The molecule has 2 heterocycles. The molecule has 1 fully saturated rings. The Morgan fingerprint density at radius 3 is 2.21 bits per heavy atom. The van der Waals surface area contributed by atoms with Gasteiger partial charge < -0.3 is 19.6 Å². The molecule has 1 aromatic carbocycles. The van der Waals surface area contributed by atoms with E-state index in [9.17, 15) is 14.7 Å². The summed E-state index contributed by atoms with van der Waals surface area (Å²) in [6.45, 7) is 9.86. The first-order valence-electron chi connectivity index (χ1n) is 9.53. The first-order chi connectivity index (χ1) is 13.6. The number of carbonyl (C=O) groups is 2. The lowest BCUT2D eigenvalue weighted by molar-refractivity contribution is 0.0240. The average molecular weight is 398 g/mol. The molecule has 8 nitrogen and oxygen atoms in total. The van der Waals surface area contributed by atoms with Crippen LogP contribution in [0.25, 0.3) is 11.4 Å². The van der Waals surface area contributed by atoms with Gasteiger partial charge in [-0.15, -0.1) is 0 Å². The molecule has 8 heteroatoms. The smallest absolute Gasteiger partial charge is 0.410 e. The van der Waals surface area contributed by atoms with Gasteiger partial charge in [-0.05, 0) is 51.5 Å². The molecule has 0 saturated carbocycles. The normalized spacial score (nSPS) is 14.6. The van der Waals surface area contributed by atoms with Gasteiger partial charge in [0.05, 0.1) is 23.6 Å². The van der Waals surface area contributed by atoms with E-state index in [4.69, 9.17) is 4.74 Å². The maximum absolute atomic E-state index is 12.2. The van der Waals surface area contributed by atoms with Gasteiger partial charge in [-0.1, -0.05) is 0 Å². The zero-order chi connectivity index (χ0) is 21.2. The van der Waals surface area contributed by atoms with Crippen molar-refractivity contribution in [3.63, 3.8) is 0 Å². The van der Waals surface area contributed by atoms with Crippen molar-refractivity contribution in [1.29, 1.82) is 0 Å². The third kappa shape index (κ3) is 5.22. The number of anilines is 1. The molecule has 0 radical (unpaired) electrons. The van der Waals surface area contributed by atoms with Crippen molar-refractivity contribution < 1.29 is 19.4 Å². The molecule has 1 aliphatic rings. The lowest BCUT2D eigenvalue weighted by Gasteiger charge is -2.36. The van der Waals surface area contributed by atoms with Crippen molar-refractivity contribution in [1.82, 2.24) is 14.9 Å². The van der Waals surface area contributed by atoms with Gasteiger partial charge in [0.15, 0.2) is 5.82 Å². The second kappa shape index (κ2) is 8.06. The molecule has 1 saturated heterocycles. The summed E-state index contributed by atoms with van der Waals surface area (Å²) < 4.78 is 5.42. The second-order valence-corrected chi connectivity index (χ2v) is 8.11. The van der Waals surface area contributed by atoms with E-state index in [1.54, 1.807) is 29.4 Å². The first-order valence-corrected chi connectivity index (χ1v) is 9.53. The van der Waals surface area contributed by atoms with Crippen LogP contribution in [0.15, 0.2) is 30.6 Å². The number of hydrogen-bond acceptors (Lipinski definition) is 6. The number of ether oxygens (including phenoxy) is 1. The van der Waals surface area contributed by atoms with E-state index < -0.39 is 11.6 Å². The number of nitrogens with zero attached hydrogens (tertiary/aromatic N) is 4. The van der Waals surface area contributed by atoms with Crippen LogP contribution in [0, 0.1) is 6.92 Å². The number of carboxylic acids is 1. The average Bonchev–Trinajstić information content (AvgIpc) is 2.66. The molecule has 0 unspecified atom stereocenters. The Hall–Kier alpha value is -3.16. The Morgan fingerprint density at radius 2 is 1.66 bits per heavy atom. The number of amides is 1. The third-order valence-corrected chi connectivity index (χ3v) is 4.52. The molecule has 154 valence electrons. The van der Waals surface area contributed by atoms with Crippen LogP contribution in [0.3, 0.4) is 0 Å². The highest BCUT2D eigenvalue weighted by Gasteiger charge is 2.26. The Balaban J connectivity index is 1.66. The molecule has 29 heavy (non-hydrogen) atoms. The monoisotopic (exact) mass is 398 g/mol. The minimum atomic E-state index is -0.977. The highest BCUT2D eigenvalue weighted by molar-refractivity contribution is 5.89. The summed E-state index contributed by atoms with van der Waals surface area (Å²) >= 11 is 0. The summed E-state index contributed by atoms with van der Waals surface area (Å²) in [7, 11) is 0. The summed E-state index contributed by atoms with van der Waals surface area (Å²) in [6.07, 6.45) is 3.17. The van der Waals surface area contributed by atoms with Crippen LogP contribution in [0.5, 0.6) is 0 Å². The van der Waals surface area contributed by atoms with E-state index in [1.807, 2.05) is 33.8 Å². The summed E-state index contributed by atoms with van der Waals surface area (Å²) in [5, 5.41) is 9.23. The van der Waals surface area contributed by atoms with E-state index in [2.05, 4.69) is 14.9 Å². The van der Waals surface area contributed by atoms with Gasteiger partial charge in [-0.25, -0.2) is 19.6 Å². The lowest BCUT2D eigenvalue weighted by Crippen LogP contribution is -2.50. The summed E-state index contributed by atoms with van der Waals surface area (Å²) in [4.78, 5) is 36.1. The van der Waals surface area contributed by atoms with Gasteiger partial charge in [-0.3, -0.25) is 0 Å². The fourth-order valence-corrected chi connectivity index (χ4v) is 3.14. The van der Waals surface area contributed by atoms with Gasteiger partial charge in [0.2, 0.25) is 0 Å². The molecule has 0 bridgehead atoms. The van der Waals surface area contributed by atoms with Gasteiger partial charge in [0.25, 0.3) is 0 Å². The molecule has 0 spiro atoms. The fraction of sp³-hybridized carbons (Fsp3) is 0.429. The number of hydrogen-bond donors (Lipinski definition) is 1. The molecule has 0 aliphatic carbocycles. The zero-order valence-electron chi connectivity index (χ0n) is 17.2. The van der Waals surface area contributed by atoms with E-state index >= 15 is 0 Å². The van der Waals surface area contributed by atoms with E-state index in [-0.39, 0.29) is 11.7 Å². The van der Waals surface area contributed by atoms with E-state index in [0.717, 1.165) is 11.3 Å². The largest absolute Gasteiger partial charge is 0.478 e. The minimum Gasteiger partial charge on any atom is -0.478 e. The topological polar surface area (TPSA) is 95.9 Å². The van der Waals surface area contributed by atoms with E-state index in [0.29, 0.717) is 37.6 Å². The van der Waals surface area contributed by atoms with Crippen LogP contribution in [-0.2, 0) is 4.74 Å². The SMILES string of the molecule is Cc1cc(C(=O)O)cc(-c2ncc(N3CCN(C(=O)OC(C)(C)C)CC3)cn2)c1. The first kappa shape index (κ1) is 20.6. The van der Waals surface area contributed by atoms with Crippen LogP contribution in [0.2, 0.25) is 0 Å². The number of benzene rings is 1. The zero-order valence-corrected chi connectivity index (χ0v) is 17.2. The van der Waals surface area contributed by atoms with E-state index in [1.165, 1.54) is 0 Å².